The fourth-order valence-electron chi connectivity index (χ4n) is 2.57. The van der Waals surface area contributed by atoms with Gasteiger partial charge in [0, 0.05) is 10.6 Å². The molecule has 0 fully saturated rings. The molecule has 25 heavy (non-hydrogen) atoms. The number of aromatic nitrogens is 2. The summed E-state index contributed by atoms with van der Waals surface area (Å²) in [6.07, 6.45) is 1.51. The molecule has 0 amide bonds. The van der Waals surface area contributed by atoms with Crippen molar-refractivity contribution in [2.45, 2.75) is 0 Å². The molecule has 0 spiro atoms. The zero-order valence-corrected chi connectivity index (χ0v) is 13.8. The normalized spacial score (nSPS) is 10.7. The Bertz CT molecular complexity index is 1060. The third kappa shape index (κ3) is 3.07. The van der Waals surface area contributed by atoms with Crippen LogP contribution in [0.3, 0.4) is 0 Å². The highest BCUT2D eigenvalue weighted by atomic mass is 32.1. The van der Waals surface area contributed by atoms with E-state index in [-0.39, 0.29) is 5.56 Å². The number of nitrogens with zero attached hydrogens (tertiary/aromatic N) is 2. The summed E-state index contributed by atoms with van der Waals surface area (Å²) in [5.41, 5.74) is 2.03. The number of carboxylic acids is 1. The van der Waals surface area contributed by atoms with Crippen LogP contribution in [-0.4, -0.2) is 21.0 Å². The minimum absolute atomic E-state index is 0.227. The highest BCUT2D eigenvalue weighted by molar-refractivity contribution is 7.21. The first-order chi connectivity index (χ1) is 12.2. The molecule has 2 N–H and O–H groups in total. The van der Waals surface area contributed by atoms with Gasteiger partial charge in [-0.05, 0) is 29.8 Å². The van der Waals surface area contributed by atoms with Gasteiger partial charge in [-0.3, -0.25) is 0 Å². The molecule has 2 heterocycles. The van der Waals surface area contributed by atoms with Crippen molar-refractivity contribution in [2.24, 2.45) is 0 Å². The lowest BCUT2D eigenvalue weighted by Crippen LogP contribution is -1.99. The summed E-state index contributed by atoms with van der Waals surface area (Å²) in [5, 5.41) is 13.2. The molecule has 0 aliphatic heterocycles. The highest BCUT2D eigenvalue weighted by Gasteiger charge is 2.11. The summed E-state index contributed by atoms with van der Waals surface area (Å²) in [6.45, 7) is 0. The maximum atomic E-state index is 11.1. The maximum Gasteiger partial charge on any atom is 0.335 e. The summed E-state index contributed by atoms with van der Waals surface area (Å²) in [6, 6.07) is 18.8. The first-order valence-electron chi connectivity index (χ1n) is 7.61. The van der Waals surface area contributed by atoms with E-state index in [0.717, 1.165) is 20.7 Å². The van der Waals surface area contributed by atoms with E-state index in [1.54, 1.807) is 29.5 Å². The Kier molecular flexibility index (Phi) is 3.87. The van der Waals surface area contributed by atoms with Crippen molar-refractivity contribution in [3.63, 3.8) is 0 Å². The summed E-state index contributed by atoms with van der Waals surface area (Å²) in [7, 11) is 0. The molecule has 4 aromatic rings. The van der Waals surface area contributed by atoms with Gasteiger partial charge in [-0.15, -0.1) is 11.3 Å². The van der Waals surface area contributed by atoms with E-state index in [0.29, 0.717) is 11.5 Å². The molecule has 2 aromatic carbocycles. The Hall–Kier alpha value is -3.25. The van der Waals surface area contributed by atoms with E-state index in [2.05, 4.69) is 33.5 Å². The standard InChI is InChI=1S/C19H13N3O2S/c23-19(24)13-7-4-8-14(9-13)22-17-15-10-16(12-5-2-1-3-6-12)25-18(15)21-11-20-17/h1-11H,(H,23,24)(H,20,21,22). The molecule has 0 saturated heterocycles. The van der Waals surface area contributed by atoms with Crippen LogP contribution in [-0.2, 0) is 0 Å². The zero-order chi connectivity index (χ0) is 17.2. The monoisotopic (exact) mass is 347 g/mol. The van der Waals surface area contributed by atoms with Gasteiger partial charge in [-0.1, -0.05) is 36.4 Å². The lowest BCUT2D eigenvalue weighted by Gasteiger charge is -2.07. The molecule has 0 unspecified atom stereocenters. The first-order valence-corrected chi connectivity index (χ1v) is 8.43. The van der Waals surface area contributed by atoms with Crippen LogP contribution in [0.5, 0.6) is 0 Å². The van der Waals surface area contributed by atoms with Crippen LogP contribution in [0, 0.1) is 0 Å². The van der Waals surface area contributed by atoms with Gasteiger partial charge in [-0.2, -0.15) is 0 Å². The van der Waals surface area contributed by atoms with E-state index in [1.165, 1.54) is 6.33 Å². The number of anilines is 2. The second-order valence-corrected chi connectivity index (χ2v) is 6.46. The third-order valence-corrected chi connectivity index (χ3v) is 4.85. The quantitative estimate of drug-likeness (QED) is 0.554. The Balaban J connectivity index is 1.74. The van der Waals surface area contributed by atoms with Crippen LogP contribution >= 0.6 is 11.3 Å². The number of nitrogens with one attached hydrogen (secondary N) is 1. The number of fused-ring (bicyclic) bond motifs is 1. The van der Waals surface area contributed by atoms with Gasteiger partial charge >= 0.3 is 5.97 Å². The van der Waals surface area contributed by atoms with Crippen LogP contribution in [0.15, 0.2) is 67.0 Å². The average molecular weight is 347 g/mol. The van der Waals surface area contributed by atoms with Crippen molar-refractivity contribution in [2.75, 3.05) is 5.32 Å². The number of aromatic carboxylic acids is 1. The Labute approximate surface area is 147 Å². The lowest BCUT2D eigenvalue weighted by atomic mass is 10.2. The fourth-order valence-corrected chi connectivity index (χ4v) is 3.57. The summed E-state index contributed by atoms with van der Waals surface area (Å²) < 4.78 is 0. The molecule has 0 bridgehead atoms. The largest absolute Gasteiger partial charge is 0.478 e. The smallest absolute Gasteiger partial charge is 0.335 e. The van der Waals surface area contributed by atoms with E-state index in [4.69, 9.17) is 5.11 Å². The van der Waals surface area contributed by atoms with Crippen molar-refractivity contribution in [3.05, 3.63) is 72.6 Å². The molecular weight excluding hydrogens is 334 g/mol. The van der Waals surface area contributed by atoms with Crippen molar-refractivity contribution in [3.8, 4) is 10.4 Å². The van der Waals surface area contributed by atoms with Gasteiger partial charge in [0.1, 0.15) is 17.0 Å². The maximum absolute atomic E-state index is 11.1. The van der Waals surface area contributed by atoms with Gasteiger partial charge < -0.3 is 10.4 Å². The van der Waals surface area contributed by atoms with Crippen molar-refractivity contribution >= 4 is 39.0 Å². The molecule has 0 aliphatic carbocycles. The molecule has 0 atom stereocenters. The Morgan fingerprint density at radius 3 is 2.64 bits per heavy atom. The third-order valence-electron chi connectivity index (χ3n) is 3.76. The molecule has 0 saturated carbocycles. The number of thiophene rings is 1. The first kappa shape index (κ1) is 15.3. The van der Waals surface area contributed by atoms with Gasteiger partial charge in [0.2, 0.25) is 0 Å². The number of rotatable bonds is 4. The molecule has 5 nitrogen and oxygen atoms in total. The second kappa shape index (κ2) is 6.33. The molecule has 4 rings (SSSR count). The van der Waals surface area contributed by atoms with Crippen LogP contribution in [0.4, 0.5) is 11.5 Å². The zero-order valence-electron chi connectivity index (χ0n) is 13.0. The van der Waals surface area contributed by atoms with Crippen LogP contribution in [0.2, 0.25) is 0 Å². The number of hydrogen-bond donors (Lipinski definition) is 2. The van der Waals surface area contributed by atoms with Gasteiger partial charge in [0.05, 0.1) is 10.9 Å². The van der Waals surface area contributed by atoms with Crippen molar-refractivity contribution in [1.82, 2.24) is 9.97 Å². The molecule has 0 radical (unpaired) electrons. The molecule has 2 aromatic heterocycles. The summed E-state index contributed by atoms with van der Waals surface area (Å²) >= 11 is 1.60. The predicted octanol–water partition coefficient (Wildman–Crippen LogP) is 4.80. The fraction of sp³-hybridized carbons (Fsp3) is 0. The van der Waals surface area contributed by atoms with E-state index in [1.807, 2.05) is 24.3 Å². The molecule has 6 heteroatoms. The average Bonchev–Trinajstić information content (AvgIpc) is 3.08. The topological polar surface area (TPSA) is 75.1 Å². The Morgan fingerprint density at radius 1 is 1.00 bits per heavy atom. The van der Waals surface area contributed by atoms with E-state index < -0.39 is 5.97 Å². The summed E-state index contributed by atoms with van der Waals surface area (Å²) in [4.78, 5) is 21.8. The van der Waals surface area contributed by atoms with Crippen molar-refractivity contribution in [1.29, 1.82) is 0 Å². The van der Waals surface area contributed by atoms with Crippen LogP contribution < -0.4 is 5.32 Å². The molecule has 122 valence electrons. The number of carbonyl (C=O) groups is 1. The Morgan fingerprint density at radius 2 is 1.84 bits per heavy atom. The minimum Gasteiger partial charge on any atom is -0.478 e. The second-order valence-electron chi connectivity index (χ2n) is 5.43. The minimum atomic E-state index is -0.960. The SMILES string of the molecule is O=C(O)c1cccc(Nc2ncnc3sc(-c4ccccc4)cc23)c1. The number of carboxylic acid groups (broad SMARTS) is 1. The van der Waals surface area contributed by atoms with E-state index in [9.17, 15) is 4.79 Å². The van der Waals surface area contributed by atoms with E-state index >= 15 is 0 Å². The highest BCUT2D eigenvalue weighted by Crippen LogP contribution is 2.35. The summed E-state index contributed by atoms with van der Waals surface area (Å²) in [5.74, 6) is -0.302. The van der Waals surface area contributed by atoms with Gasteiger partial charge in [-0.25, -0.2) is 14.8 Å². The van der Waals surface area contributed by atoms with Crippen LogP contribution in [0.25, 0.3) is 20.7 Å². The predicted molar refractivity (Wildman–Crippen MR) is 99.5 cm³/mol. The van der Waals surface area contributed by atoms with Crippen molar-refractivity contribution < 1.29 is 9.90 Å². The lowest BCUT2D eigenvalue weighted by molar-refractivity contribution is 0.0697. The van der Waals surface area contributed by atoms with Crippen LogP contribution in [0.1, 0.15) is 10.4 Å². The van der Waals surface area contributed by atoms with Gasteiger partial charge in [0.15, 0.2) is 0 Å². The molecule has 0 aliphatic rings. The number of hydrogen-bond acceptors (Lipinski definition) is 5. The van der Waals surface area contributed by atoms with Gasteiger partial charge in [0.25, 0.3) is 0 Å². The number of benzene rings is 2. The molecular formula is C19H13N3O2S.